The first-order valence-electron chi connectivity index (χ1n) is 5.14. The van der Waals surface area contributed by atoms with Gasteiger partial charge in [0.15, 0.2) is 9.84 Å². The molecule has 1 aromatic rings. The molecule has 0 heterocycles. The van der Waals surface area contributed by atoms with Crippen LogP contribution in [0.2, 0.25) is 0 Å². The van der Waals surface area contributed by atoms with E-state index in [0.717, 1.165) is 16.1 Å². The first kappa shape index (κ1) is 13.4. The molecule has 0 aliphatic carbocycles. The van der Waals surface area contributed by atoms with Gasteiger partial charge in [-0.1, -0.05) is 6.92 Å². The highest BCUT2D eigenvalue weighted by Crippen LogP contribution is 2.22. The molecule has 0 saturated heterocycles. The van der Waals surface area contributed by atoms with E-state index in [1.807, 2.05) is 25.1 Å². The van der Waals surface area contributed by atoms with Crippen LogP contribution in [0.25, 0.3) is 0 Å². The second kappa shape index (κ2) is 5.59. The lowest BCUT2D eigenvalue weighted by Gasteiger charge is -2.05. The summed E-state index contributed by atoms with van der Waals surface area (Å²) in [6.45, 7) is 3.62. The van der Waals surface area contributed by atoms with Crippen LogP contribution >= 0.6 is 11.8 Å². The Bertz CT molecular complexity index is 455. The molecule has 0 spiro atoms. The molecular weight excluding hydrogens is 242 g/mol. The molecule has 0 radical (unpaired) electrons. The lowest BCUT2D eigenvalue weighted by molar-refractivity contribution is 0.599. The summed E-state index contributed by atoms with van der Waals surface area (Å²) in [4.78, 5) is 1.07. The molecule has 0 aliphatic rings. The van der Waals surface area contributed by atoms with E-state index in [0.29, 0.717) is 5.75 Å². The van der Waals surface area contributed by atoms with Gasteiger partial charge in [-0.05, 0) is 30.7 Å². The van der Waals surface area contributed by atoms with Crippen LogP contribution in [0.5, 0.6) is 0 Å². The number of sulfone groups is 1. The summed E-state index contributed by atoms with van der Waals surface area (Å²) in [5, 5.41) is 0. The van der Waals surface area contributed by atoms with E-state index in [9.17, 15) is 8.42 Å². The average molecular weight is 259 g/mol. The van der Waals surface area contributed by atoms with Crippen LogP contribution in [0.3, 0.4) is 0 Å². The normalized spacial score (nSPS) is 11.6. The van der Waals surface area contributed by atoms with Crippen molar-refractivity contribution in [2.45, 2.75) is 18.7 Å². The van der Waals surface area contributed by atoms with E-state index in [4.69, 9.17) is 5.73 Å². The highest BCUT2D eigenvalue weighted by molar-refractivity contribution is 8.00. The van der Waals surface area contributed by atoms with E-state index in [2.05, 4.69) is 0 Å². The number of thioether (sulfide) groups is 1. The standard InChI is InChI=1S/C11H17NO2S2/c1-3-16(13,14)7-6-15-10-4-5-11(12)9(2)8-10/h4-5,8H,3,6-7,12H2,1-2H3. The minimum Gasteiger partial charge on any atom is -0.399 e. The second-order valence-corrected chi connectivity index (χ2v) is 7.24. The Hall–Kier alpha value is -0.680. The number of rotatable bonds is 5. The molecule has 0 amide bonds. The van der Waals surface area contributed by atoms with Gasteiger partial charge < -0.3 is 5.73 Å². The lowest BCUT2D eigenvalue weighted by atomic mass is 10.2. The molecule has 0 bridgehead atoms. The molecule has 1 aromatic carbocycles. The zero-order valence-electron chi connectivity index (χ0n) is 9.56. The molecule has 0 aliphatic heterocycles. The van der Waals surface area contributed by atoms with Crippen molar-refractivity contribution in [2.75, 3.05) is 23.0 Å². The van der Waals surface area contributed by atoms with E-state index in [-0.39, 0.29) is 11.5 Å². The monoisotopic (exact) mass is 259 g/mol. The number of benzene rings is 1. The van der Waals surface area contributed by atoms with Crippen molar-refractivity contribution in [2.24, 2.45) is 0 Å². The van der Waals surface area contributed by atoms with Gasteiger partial charge in [0.05, 0.1) is 5.75 Å². The predicted octanol–water partition coefficient (Wildman–Crippen LogP) is 2.10. The zero-order chi connectivity index (χ0) is 12.2. The number of anilines is 1. The van der Waals surface area contributed by atoms with Gasteiger partial charge in [0, 0.05) is 22.1 Å². The van der Waals surface area contributed by atoms with Crippen molar-refractivity contribution in [3.63, 3.8) is 0 Å². The topological polar surface area (TPSA) is 60.2 Å². The lowest BCUT2D eigenvalue weighted by Crippen LogP contribution is -2.10. The third-order valence-corrected chi connectivity index (χ3v) is 5.30. The minimum atomic E-state index is -2.85. The third kappa shape index (κ3) is 4.06. The van der Waals surface area contributed by atoms with Gasteiger partial charge >= 0.3 is 0 Å². The van der Waals surface area contributed by atoms with Gasteiger partial charge in [-0.2, -0.15) is 0 Å². The Labute approximate surface area is 101 Å². The molecule has 3 nitrogen and oxygen atoms in total. The van der Waals surface area contributed by atoms with Crippen LogP contribution in [0.1, 0.15) is 12.5 Å². The maximum Gasteiger partial charge on any atom is 0.150 e. The summed E-state index contributed by atoms with van der Waals surface area (Å²) >= 11 is 1.55. The molecule has 0 fully saturated rings. The summed E-state index contributed by atoms with van der Waals surface area (Å²) in [5.41, 5.74) is 7.50. The van der Waals surface area contributed by atoms with Crippen LogP contribution in [-0.2, 0) is 9.84 Å². The molecule has 5 heteroatoms. The molecule has 0 atom stereocenters. The molecule has 1 rings (SSSR count). The minimum absolute atomic E-state index is 0.217. The zero-order valence-corrected chi connectivity index (χ0v) is 11.2. The van der Waals surface area contributed by atoms with Crippen molar-refractivity contribution in [3.05, 3.63) is 23.8 Å². The fourth-order valence-electron chi connectivity index (χ4n) is 1.17. The summed E-state index contributed by atoms with van der Waals surface area (Å²) in [5.74, 6) is 1.05. The van der Waals surface area contributed by atoms with E-state index in [1.165, 1.54) is 0 Å². The van der Waals surface area contributed by atoms with Crippen molar-refractivity contribution in [1.29, 1.82) is 0 Å². The molecule has 0 unspecified atom stereocenters. The van der Waals surface area contributed by atoms with Gasteiger partial charge in [0.1, 0.15) is 0 Å². The maximum absolute atomic E-state index is 11.3. The first-order chi connectivity index (χ1) is 7.44. The Balaban J connectivity index is 2.53. The van der Waals surface area contributed by atoms with E-state index in [1.54, 1.807) is 18.7 Å². The molecule has 0 saturated carbocycles. The maximum atomic E-state index is 11.3. The smallest absolute Gasteiger partial charge is 0.150 e. The van der Waals surface area contributed by atoms with Crippen molar-refractivity contribution in [1.82, 2.24) is 0 Å². The SMILES string of the molecule is CCS(=O)(=O)CCSc1ccc(N)c(C)c1. The fraction of sp³-hybridized carbons (Fsp3) is 0.455. The van der Waals surface area contributed by atoms with Crippen molar-refractivity contribution >= 4 is 27.3 Å². The summed E-state index contributed by atoms with van der Waals surface area (Å²) in [6.07, 6.45) is 0. The average Bonchev–Trinajstić information content (AvgIpc) is 2.23. The Morgan fingerprint density at radius 2 is 2.06 bits per heavy atom. The summed E-state index contributed by atoms with van der Waals surface area (Å²) < 4.78 is 22.6. The van der Waals surface area contributed by atoms with Crippen molar-refractivity contribution < 1.29 is 8.42 Å². The van der Waals surface area contributed by atoms with E-state index < -0.39 is 9.84 Å². The first-order valence-corrected chi connectivity index (χ1v) is 7.94. The third-order valence-electron chi connectivity index (χ3n) is 2.34. The van der Waals surface area contributed by atoms with Gasteiger partial charge in [-0.15, -0.1) is 11.8 Å². The molecular formula is C11H17NO2S2. The molecule has 0 aromatic heterocycles. The Kier molecular flexibility index (Phi) is 4.68. The highest BCUT2D eigenvalue weighted by Gasteiger charge is 2.07. The molecule has 16 heavy (non-hydrogen) atoms. The number of aryl methyl sites for hydroxylation is 1. The summed E-state index contributed by atoms with van der Waals surface area (Å²) in [7, 11) is -2.85. The van der Waals surface area contributed by atoms with Gasteiger partial charge in [0.25, 0.3) is 0 Å². The molecule has 2 N–H and O–H groups in total. The number of nitrogen functional groups attached to an aromatic ring is 1. The number of nitrogens with two attached hydrogens (primary N) is 1. The Morgan fingerprint density at radius 1 is 1.38 bits per heavy atom. The van der Waals surface area contributed by atoms with Gasteiger partial charge in [0.2, 0.25) is 0 Å². The van der Waals surface area contributed by atoms with Crippen LogP contribution in [0.4, 0.5) is 5.69 Å². The fourth-order valence-corrected chi connectivity index (χ4v) is 3.47. The van der Waals surface area contributed by atoms with Gasteiger partial charge in [-0.25, -0.2) is 8.42 Å². The number of hydrogen-bond acceptors (Lipinski definition) is 4. The quantitative estimate of drug-likeness (QED) is 0.650. The Morgan fingerprint density at radius 3 is 2.62 bits per heavy atom. The van der Waals surface area contributed by atoms with Crippen LogP contribution in [0, 0.1) is 6.92 Å². The molecule has 90 valence electrons. The highest BCUT2D eigenvalue weighted by atomic mass is 32.2. The summed E-state index contributed by atoms with van der Waals surface area (Å²) in [6, 6.07) is 5.76. The van der Waals surface area contributed by atoms with E-state index >= 15 is 0 Å². The second-order valence-electron chi connectivity index (χ2n) is 3.60. The van der Waals surface area contributed by atoms with Gasteiger partial charge in [-0.3, -0.25) is 0 Å². The van der Waals surface area contributed by atoms with Crippen LogP contribution in [-0.4, -0.2) is 25.7 Å². The van der Waals surface area contributed by atoms with Crippen molar-refractivity contribution in [3.8, 4) is 0 Å². The van der Waals surface area contributed by atoms with Crippen LogP contribution < -0.4 is 5.73 Å². The predicted molar refractivity (Wildman–Crippen MR) is 70.6 cm³/mol. The van der Waals surface area contributed by atoms with Crippen LogP contribution in [0.15, 0.2) is 23.1 Å². The largest absolute Gasteiger partial charge is 0.399 e. The number of hydrogen-bond donors (Lipinski definition) is 1.